The zero-order chi connectivity index (χ0) is 10.8. The van der Waals surface area contributed by atoms with Crippen molar-refractivity contribution in [2.24, 2.45) is 0 Å². The number of phenols is 1. The lowest BCUT2D eigenvalue weighted by Crippen LogP contribution is -1.89. The number of hydrogen-bond donors (Lipinski definition) is 1. The summed E-state index contributed by atoms with van der Waals surface area (Å²) in [5.41, 5.74) is 0.384. The molecule has 15 heavy (non-hydrogen) atoms. The van der Waals surface area contributed by atoms with Gasteiger partial charge in [0.1, 0.15) is 16.7 Å². The Balaban J connectivity index is 2.54. The van der Waals surface area contributed by atoms with Gasteiger partial charge in [-0.25, -0.2) is 14.4 Å². The lowest BCUT2D eigenvalue weighted by Gasteiger charge is -2.01. The van der Waals surface area contributed by atoms with Crippen molar-refractivity contribution in [3.8, 4) is 17.1 Å². The molecule has 0 aliphatic heterocycles. The molecular formula is C10H6ClFN2O. The summed E-state index contributed by atoms with van der Waals surface area (Å²) in [5, 5.41) is 9.46. The average Bonchev–Trinajstić information content (AvgIpc) is 2.16. The van der Waals surface area contributed by atoms with Gasteiger partial charge in [-0.2, -0.15) is 0 Å². The number of halogens is 2. The molecule has 0 saturated heterocycles. The van der Waals surface area contributed by atoms with Crippen LogP contribution in [0.25, 0.3) is 11.4 Å². The molecule has 0 aliphatic carbocycles. The normalized spacial score (nSPS) is 10.3. The summed E-state index contributed by atoms with van der Waals surface area (Å²) in [7, 11) is 0. The van der Waals surface area contributed by atoms with Gasteiger partial charge in [0.25, 0.3) is 0 Å². The molecule has 0 radical (unpaired) electrons. The van der Waals surface area contributed by atoms with Crippen LogP contribution in [0.4, 0.5) is 4.39 Å². The minimum Gasteiger partial charge on any atom is -0.508 e. The summed E-state index contributed by atoms with van der Waals surface area (Å²) >= 11 is 5.67. The van der Waals surface area contributed by atoms with Crippen LogP contribution in [0.5, 0.6) is 5.75 Å². The predicted molar refractivity (Wildman–Crippen MR) is 54.1 cm³/mol. The molecule has 2 aromatic rings. The van der Waals surface area contributed by atoms with Gasteiger partial charge >= 0.3 is 0 Å². The second kappa shape index (κ2) is 3.82. The zero-order valence-corrected chi connectivity index (χ0v) is 8.24. The number of hydrogen-bond acceptors (Lipinski definition) is 3. The maximum Gasteiger partial charge on any atom is 0.161 e. The first-order valence-electron chi connectivity index (χ1n) is 4.13. The second-order valence-corrected chi connectivity index (χ2v) is 3.29. The van der Waals surface area contributed by atoms with Crippen LogP contribution in [0, 0.1) is 5.82 Å². The van der Waals surface area contributed by atoms with Crippen LogP contribution in [0.15, 0.2) is 30.5 Å². The van der Waals surface area contributed by atoms with Gasteiger partial charge in [0.2, 0.25) is 0 Å². The van der Waals surface area contributed by atoms with E-state index in [1.54, 1.807) is 0 Å². The van der Waals surface area contributed by atoms with E-state index in [-0.39, 0.29) is 16.7 Å². The lowest BCUT2D eigenvalue weighted by atomic mass is 10.2. The van der Waals surface area contributed by atoms with E-state index in [0.29, 0.717) is 5.56 Å². The minimum absolute atomic E-state index is 0.173. The monoisotopic (exact) mass is 224 g/mol. The predicted octanol–water partition coefficient (Wildman–Crippen LogP) is 2.64. The van der Waals surface area contributed by atoms with E-state index < -0.39 is 5.82 Å². The minimum atomic E-state index is -0.548. The highest BCUT2D eigenvalue weighted by atomic mass is 35.5. The summed E-state index contributed by atoms with van der Waals surface area (Å²) in [5.74, 6) is -0.445. The first-order valence-corrected chi connectivity index (χ1v) is 4.51. The first-order chi connectivity index (χ1) is 7.15. The molecule has 1 N–H and O–H groups in total. The van der Waals surface area contributed by atoms with Crippen LogP contribution in [0.1, 0.15) is 0 Å². The SMILES string of the molecule is Oc1cc(F)cc(-c2nccc(Cl)n2)c1. The Bertz CT molecular complexity index is 484. The maximum absolute atomic E-state index is 13.0. The number of nitrogens with zero attached hydrogens (tertiary/aromatic N) is 2. The molecule has 3 nitrogen and oxygen atoms in total. The third-order valence-corrected chi connectivity index (χ3v) is 1.97. The molecule has 0 atom stereocenters. The van der Waals surface area contributed by atoms with E-state index in [0.717, 1.165) is 6.07 Å². The summed E-state index contributed by atoms with van der Waals surface area (Å²) < 4.78 is 13.0. The molecule has 1 aromatic carbocycles. The van der Waals surface area contributed by atoms with Crippen molar-refractivity contribution >= 4 is 11.6 Å². The summed E-state index contributed by atoms with van der Waals surface area (Å²) in [6.45, 7) is 0. The van der Waals surface area contributed by atoms with Gasteiger partial charge in [0, 0.05) is 17.8 Å². The van der Waals surface area contributed by atoms with Crippen molar-refractivity contribution < 1.29 is 9.50 Å². The van der Waals surface area contributed by atoms with Gasteiger partial charge in [0.05, 0.1) is 0 Å². The van der Waals surface area contributed by atoms with Crippen molar-refractivity contribution in [2.75, 3.05) is 0 Å². The van der Waals surface area contributed by atoms with Crippen molar-refractivity contribution in [3.05, 3.63) is 41.4 Å². The van der Waals surface area contributed by atoms with Crippen molar-refractivity contribution in [1.29, 1.82) is 0 Å². The van der Waals surface area contributed by atoms with Gasteiger partial charge in [-0.15, -0.1) is 0 Å². The maximum atomic E-state index is 13.0. The van der Waals surface area contributed by atoms with Crippen LogP contribution in [0.3, 0.4) is 0 Å². The highest BCUT2D eigenvalue weighted by Crippen LogP contribution is 2.22. The Kier molecular flexibility index (Phi) is 2.51. The first kappa shape index (κ1) is 9.86. The number of aromatic hydroxyl groups is 1. The third-order valence-electron chi connectivity index (χ3n) is 1.76. The van der Waals surface area contributed by atoms with E-state index in [9.17, 15) is 9.50 Å². The van der Waals surface area contributed by atoms with Crippen LogP contribution in [-0.2, 0) is 0 Å². The van der Waals surface area contributed by atoms with E-state index in [4.69, 9.17) is 11.6 Å². The molecule has 1 aromatic heterocycles. The molecule has 2 rings (SSSR count). The summed E-state index contributed by atoms with van der Waals surface area (Å²) in [4.78, 5) is 7.82. The Labute approximate surface area is 90.2 Å². The molecule has 0 aliphatic rings. The molecule has 0 spiro atoms. The fraction of sp³-hybridized carbons (Fsp3) is 0. The molecule has 76 valence electrons. The molecule has 0 bridgehead atoms. The average molecular weight is 225 g/mol. The van der Waals surface area contributed by atoms with Crippen LogP contribution >= 0.6 is 11.6 Å². The standard InChI is InChI=1S/C10H6ClFN2O/c11-9-1-2-13-10(14-9)6-3-7(12)5-8(15)4-6/h1-5,15H. The highest BCUT2D eigenvalue weighted by molar-refractivity contribution is 6.29. The van der Waals surface area contributed by atoms with Crippen LogP contribution < -0.4 is 0 Å². The van der Waals surface area contributed by atoms with Crippen molar-refractivity contribution in [3.63, 3.8) is 0 Å². The van der Waals surface area contributed by atoms with Crippen LogP contribution in [0.2, 0.25) is 5.15 Å². The second-order valence-electron chi connectivity index (χ2n) is 2.90. The fourth-order valence-corrected chi connectivity index (χ4v) is 1.32. The summed E-state index contributed by atoms with van der Waals surface area (Å²) in [6, 6.07) is 5.12. The van der Waals surface area contributed by atoms with Crippen LogP contribution in [-0.4, -0.2) is 15.1 Å². The largest absolute Gasteiger partial charge is 0.508 e. The molecule has 1 heterocycles. The van der Waals surface area contributed by atoms with Gasteiger partial charge < -0.3 is 5.11 Å². The van der Waals surface area contributed by atoms with Gasteiger partial charge in [-0.1, -0.05) is 11.6 Å². The van der Waals surface area contributed by atoms with Crippen molar-refractivity contribution in [1.82, 2.24) is 9.97 Å². The topological polar surface area (TPSA) is 46.0 Å². The van der Waals surface area contributed by atoms with Crippen molar-refractivity contribution in [2.45, 2.75) is 0 Å². The Morgan fingerprint density at radius 2 is 2.07 bits per heavy atom. The van der Waals surface area contributed by atoms with E-state index in [1.165, 1.54) is 24.4 Å². The van der Waals surface area contributed by atoms with E-state index >= 15 is 0 Å². The Hall–Kier alpha value is -1.68. The Morgan fingerprint density at radius 3 is 2.73 bits per heavy atom. The smallest absolute Gasteiger partial charge is 0.161 e. The van der Waals surface area contributed by atoms with Gasteiger partial charge in [-0.05, 0) is 18.2 Å². The highest BCUT2D eigenvalue weighted by Gasteiger charge is 2.05. The number of rotatable bonds is 1. The summed E-state index contributed by atoms with van der Waals surface area (Å²) in [6.07, 6.45) is 1.46. The quantitative estimate of drug-likeness (QED) is 0.758. The molecule has 0 amide bonds. The zero-order valence-electron chi connectivity index (χ0n) is 7.48. The fourth-order valence-electron chi connectivity index (χ4n) is 1.18. The lowest BCUT2D eigenvalue weighted by molar-refractivity contribution is 0.469. The molecule has 0 saturated carbocycles. The number of phenolic OH excluding ortho intramolecular Hbond substituents is 1. The van der Waals surface area contributed by atoms with E-state index in [2.05, 4.69) is 9.97 Å². The van der Waals surface area contributed by atoms with E-state index in [1.807, 2.05) is 0 Å². The molecular weight excluding hydrogens is 219 g/mol. The molecule has 5 heteroatoms. The number of benzene rings is 1. The molecule has 0 unspecified atom stereocenters. The van der Waals surface area contributed by atoms with Gasteiger partial charge in [0.15, 0.2) is 5.82 Å². The third kappa shape index (κ3) is 2.22. The molecule has 0 fully saturated rings. The van der Waals surface area contributed by atoms with Gasteiger partial charge in [-0.3, -0.25) is 0 Å². The number of aromatic nitrogens is 2. The Morgan fingerprint density at radius 1 is 1.27 bits per heavy atom.